The van der Waals surface area contributed by atoms with E-state index < -0.39 is 0 Å². The molecule has 0 atom stereocenters. The van der Waals surface area contributed by atoms with Crippen LogP contribution in [0.25, 0.3) is 0 Å². The molecule has 0 aromatic heterocycles. The van der Waals surface area contributed by atoms with E-state index >= 15 is 0 Å². The maximum absolute atomic E-state index is 11.4. The van der Waals surface area contributed by atoms with Crippen molar-refractivity contribution in [3.8, 4) is 0 Å². The maximum atomic E-state index is 11.4. The Balaban J connectivity index is 2.92. The van der Waals surface area contributed by atoms with E-state index in [1.807, 2.05) is 0 Å². The number of rotatable bonds is 4. The van der Waals surface area contributed by atoms with Gasteiger partial charge in [0.2, 0.25) is 0 Å². The third-order valence-corrected chi connectivity index (χ3v) is 1.84. The van der Waals surface area contributed by atoms with E-state index in [0.717, 1.165) is 5.56 Å². The number of carbonyl (C=O) groups excluding carboxylic acids is 1. The van der Waals surface area contributed by atoms with Crippen molar-refractivity contribution in [2.24, 2.45) is 0 Å². The Labute approximate surface area is 89.0 Å². The van der Waals surface area contributed by atoms with Crippen LogP contribution in [-0.2, 0) is 16.1 Å². The van der Waals surface area contributed by atoms with E-state index in [-0.39, 0.29) is 5.97 Å². The molecule has 0 saturated carbocycles. The molecule has 82 valence electrons. The zero-order valence-electron chi connectivity index (χ0n) is 8.95. The maximum Gasteiger partial charge on any atom is 0.338 e. The molecule has 0 radical (unpaired) electrons. The molecule has 0 spiro atoms. The second-order valence-corrected chi connectivity index (χ2v) is 3.12. The molecule has 1 aromatic rings. The van der Waals surface area contributed by atoms with Crippen molar-refractivity contribution in [2.45, 2.75) is 13.5 Å². The van der Waals surface area contributed by atoms with Crippen molar-refractivity contribution < 1.29 is 14.3 Å². The fourth-order valence-corrected chi connectivity index (χ4v) is 1.30. The SMILES string of the molecule is CCOC(=O)c1cc(N)cc(COC)c1. The van der Waals surface area contributed by atoms with Gasteiger partial charge in [0.15, 0.2) is 0 Å². The van der Waals surface area contributed by atoms with Crippen LogP contribution in [0.2, 0.25) is 0 Å². The molecule has 4 heteroatoms. The first-order valence-corrected chi connectivity index (χ1v) is 4.73. The normalized spacial score (nSPS) is 10.0. The number of hydrogen-bond acceptors (Lipinski definition) is 4. The molecule has 0 heterocycles. The Hall–Kier alpha value is -1.55. The highest BCUT2D eigenvalue weighted by Crippen LogP contribution is 2.13. The summed E-state index contributed by atoms with van der Waals surface area (Å²) in [6.07, 6.45) is 0. The number of nitrogen functional groups attached to an aromatic ring is 1. The molecule has 0 aliphatic heterocycles. The smallest absolute Gasteiger partial charge is 0.338 e. The van der Waals surface area contributed by atoms with E-state index in [2.05, 4.69) is 0 Å². The highest BCUT2D eigenvalue weighted by molar-refractivity contribution is 5.90. The van der Waals surface area contributed by atoms with Crippen LogP contribution in [0.5, 0.6) is 0 Å². The number of hydrogen-bond donors (Lipinski definition) is 1. The van der Waals surface area contributed by atoms with Crippen LogP contribution in [0.4, 0.5) is 5.69 Å². The van der Waals surface area contributed by atoms with E-state index in [4.69, 9.17) is 15.2 Å². The minimum atomic E-state index is -0.359. The van der Waals surface area contributed by atoms with Crippen LogP contribution in [0.1, 0.15) is 22.8 Å². The van der Waals surface area contributed by atoms with Gasteiger partial charge in [0.25, 0.3) is 0 Å². The Morgan fingerprint density at radius 3 is 2.73 bits per heavy atom. The summed E-state index contributed by atoms with van der Waals surface area (Å²) in [5, 5.41) is 0. The zero-order chi connectivity index (χ0) is 11.3. The van der Waals surface area contributed by atoms with Gasteiger partial charge in [-0.05, 0) is 30.7 Å². The largest absolute Gasteiger partial charge is 0.462 e. The van der Waals surface area contributed by atoms with Gasteiger partial charge in [-0.15, -0.1) is 0 Å². The van der Waals surface area contributed by atoms with E-state index in [9.17, 15) is 4.79 Å². The fraction of sp³-hybridized carbons (Fsp3) is 0.364. The van der Waals surface area contributed by atoms with Crippen molar-refractivity contribution in [2.75, 3.05) is 19.5 Å². The van der Waals surface area contributed by atoms with Crippen LogP contribution in [0.15, 0.2) is 18.2 Å². The summed E-state index contributed by atoms with van der Waals surface area (Å²) in [6, 6.07) is 5.08. The number of esters is 1. The summed E-state index contributed by atoms with van der Waals surface area (Å²) in [5.41, 5.74) is 7.52. The Bertz CT molecular complexity index is 350. The molecule has 4 nitrogen and oxygen atoms in total. The molecule has 1 aromatic carbocycles. The third kappa shape index (κ3) is 3.25. The molecule has 0 fully saturated rings. The summed E-state index contributed by atoms with van der Waals surface area (Å²) in [5.74, 6) is -0.359. The number of benzene rings is 1. The van der Waals surface area contributed by atoms with Crippen LogP contribution >= 0.6 is 0 Å². The number of ether oxygens (including phenoxy) is 2. The predicted octanol–water partition coefficient (Wildman–Crippen LogP) is 1.59. The summed E-state index contributed by atoms with van der Waals surface area (Å²) in [4.78, 5) is 11.4. The van der Waals surface area contributed by atoms with Gasteiger partial charge in [0, 0.05) is 12.8 Å². The van der Waals surface area contributed by atoms with E-state index in [0.29, 0.717) is 24.5 Å². The summed E-state index contributed by atoms with van der Waals surface area (Å²) in [6.45, 7) is 2.55. The standard InChI is InChI=1S/C11H15NO3/c1-3-15-11(13)9-4-8(7-14-2)5-10(12)6-9/h4-6H,3,7,12H2,1-2H3. The number of nitrogens with two attached hydrogens (primary N) is 1. The lowest BCUT2D eigenvalue weighted by molar-refractivity contribution is 0.0526. The summed E-state index contributed by atoms with van der Waals surface area (Å²) < 4.78 is 9.85. The number of anilines is 1. The van der Waals surface area contributed by atoms with Crippen LogP contribution in [-0.4, -0.2) is 19.7 Å². The van der Waals surface area contributed by atoms with Crippen LogP contribution in [0.3, 0.4) is 0 Å². The van der Waals surface area contributed by atoms with Crippen LogP contribution < -0.4 is 5.73 Å². The monoisotopic (exact) mass is 209 g/mol. The van der Waals surface area contributed by atoms with Gasteiger partial charge in [-0.25, -0.2) is 4.79 Å². The molecule has 0 unspecified atom stereocenters. The first-order chi connectivity index (χ1) is 7.17. The molecule has 0 aliphatic carbocycles. The van der Waals surface area contributed by atoms with Gasteiger partial charge >= 0.3 is 5.97 Å². The lowest BCUT2D eigenvalue weighted by Gasteiger charge is -2.06. The Kier molecular flexibility index (Phi) is 4.12. The summed E-state index contributed by atoms with van der Waals surface area (Å²) in [7, 11) is 1.59. The van der Waals surface area contributed by atoms with Crippen molar-refractivity contribution in [1.29, 1.82) is 0 Å². The second kappa shape index (κ2) is 5.36. The topological polar surface area (TPSA) is 61.5 Å². The van der Waals surface area contributed by atoms with Gasteiger partial charge in [0.05, 0.1) is 18.8 Å². The Morgan fingerprint density at radius 1 is 1.40 bits per heavy atom. The van der Waals surface area contributed by atoms with Gasteiger partial charge in [-0.1, -0.05) is 0 Å². The minimum absolute atomic E-state index is 0.354. The molecule has 1 rings (SSSR count). The average Bonchev–Trinajstić information content (AvgIpc) is 2.17. The third-order valence-electron chi connectivity index (χ3n) is 1.84. The van der Waals surface area contributed by atoms with Crippen molar-refractivity contribution in [1.82, 2.24) is 0 Å². The van der Waals surface area contributed by atoms with Crippen molar-refractivity contribution >= 4 is 11.7 Å². The van der Waals surface area contributed by atoms with E-state index in [1.54, 1.807) is 32.2 Å². The molecule has 0 aliphatic rings. The average molecular weight is 209 g/mol. The predicted molar refractivity (Wildman–Crippen MR) is 57.5 cm³/mol. The molecular formula is C11H15NO3. The van der Waals surface area contributed by atoms with Gasteiger partial charge in [-0.2, -0.15) is 0 Å². The van der Waals surface area contributed by atoms with Crippen LogP contribution in [0, 0.1) is 0 Å². The highest BCUT2D eigenvalue weighted by atomic mass is 16.5. The van der Waals surface area contributed by atoms with Crippen molar-refractivity contribution in [3.05, 3.63) is 29.3 Å². The number of carbonyl (C=O) groups is 1. The molecule has 15 heavy (non-hydrogen) atoms. The quantitative estimate of drug-likeness (QED) is 0.604. The van der Waals surface area contributed by atoms with E-state index in [1.165, 1.54) is 0 Å². The second-order valence-electron chi connectivity index (χ2n) is 3.12. The minimum Gasteiger partial charge on any atom is -0.462 e. The summed E-state index contributed by atoms with van der Waals surface area (Å²) >= 11 is 0. The molecule has 2 N–H and O–H groups in total. The molecule has 0 saturated heterocycles. The molecule has 0 bridgehead atoms. The lowest BCUT2D eigenvalue weighted by atomic mass is 10.1. The first-order valence-electron chi connectivity index (χ1n) is 4.73. The van der Waals surface area contributed by atoms with Crippen molar-refractivity contribution in [3.63, 3.8) is 0 Å². The fourth-order valence-electron chi connectivity index (χ4n) is 1.30. The van der Waals surface area contributed by atoms with Gasteiger partial charge in [0.1, 0.15) is 0 Å². The molecular weight excluding hydrogens is 194 g/mol. The first kappa shape index (κ1) is 11.5. The van der Waals surface area contributed by atoms with Gasteiger partial charge < -0.3 is 15.2 Å². The lowest BCUT2D eigenvalue weighted by Crippen LogP contribution is -2.06. The molecule has 0 amide bonds. The van der Waals surface area contributed by atoms with Gasteiger partial charge in [-0.3, -0.25) is 0 Å². The number of methoxy groups -OCH3 is 1. The highest BCUT2D eigenvalue weighted by Gasteiger charge is 2.08. The zero-order valence-corrected chi connectivity index (χ0v) is 8.95. The Morgan fingerprint density at radius 2 is 2.13 bits per heavy atom.